The van der Waals surface area contributed by atoms with E-state index in [9.17, 15) is 0 Å². The Bertz CT molecular complexity index is 83.6. The Balaban J connectivity index is 1.88. The Labute approximate surface area is 44.3 Å². The van der Waals surface area contributed by atoms with Gasteiger partial charge in [-0.25, -0.2) is 0 Å². The maximum atomic E-state index is 2.56. The van der Waals surface area contributed by atoms with E-state index >= 15 is 0 Å². The van der Waals surface area contributed by atoms with Gasteiger partial charge in [0, 0.05) is 18.1 Å². The average molecular weight is 97.2 g/mol. The fourth-order valence-corrected chi connectivity index (χ4v) is 1.69. The maximum absolute atomic E-state index is 2.56. The zero-order valence-electron chi connectivity index (χ0n) is 4.89. The predicted molar refractivity (Wildman–Crippen MR) is 29.2 cm³/mol. The van der Waals surface area contributed by atoms with E-state index in [-0.39, 0.29) is 0 Å². The molecule has 2 aliphatic rings. The van der Waals surface area contributed by atoms with Crippen molar-refractivity contribution >= 4 is 0 Å². The van der Waals surface area contributed by atoms with Crippen molar-refractivity contribution in [3.63, 3.8) is 0 Å². The molecular formula is C6H11N. The second kappa shape index (κ2) is 0.873. The van der Waals surface area contributed by atoms with Crippen molar-refractivity contribution in [3.05, 3.63) is 0 Å². The topological polar surface area (TPSA) is 3.01 Å². The van der Waals surface area contributed by atoms with Crippen LogP contribution >= 0.6 is 0 Å². The Morgan fingerprint density at radius 2 is 2.14 bits per heavy atom. The summed E-state index contributed by atoms with van der Waals surface area (Å²) in [6.07, 6.45) is 1.37. The van der Waals surface area contributed by atoms with E-state index in [1.54, 1.807) is 0 Å². The van der Waals surface area contributed by atoms with Crippen molar-refractivity contribution in [2.75, 3.05) is 0 Å². The molecule has 0 aromatic rings. The molecule has 1 nitrogen and oxygen atoms in total. The molecule has 0 aromatic carbocycles. The van der Waals surface area contributed by atoms with E-state index < -0.39 is 0 Å². The minimum absolute atomic E-state index is 0.963. The first-order chi connectivity index (χ1) is 3.36. The largest absolute Gasteiger partial charge is 0.288 e. The van der Waals surface area contributed by atoms with Crippen molar-refractivity contribution in [2.45, 2.75) is 38.4 Å². The van der Waals surface area contributed by atoms with Gasteiger partial charge < -0.3 is 0 Å². The Kier molecular flexibility index (Phi) is 0.487. The van der Waals surface area contributed by atoms with Gasteiger partial charge in [0.15, 0.2) is 0 Å². The molecule has 2 rings (SSSR count). The molecule has 0 amide bonds. The van der Waals surface area contributed by atoms with Crippen LogP contribution in [0.15, 0.2) is 0 Å². The van der Waals surface area contributed by atoms with Gasteiger partial charge in [0.1, 0.15) is 0 Å². The molecule has 0 aromatic heterocycles. The molecular weight excluding hydrogens is 86.1 g/mol. The first-order valence-electron chi connectivity index (χ1n) is 3.13. The van der Waals surface area contributed by atoms with Gasteiger partial charge >= 0.3 is 0 Å². The summed E-state index contributed by atoms with van der Waals surface area (Å²) < 4.78 is 0. The van der Waals surface area contributed by atoms with Crippen LogP contribution in [0.5, 0.6) is 0 Å². The lowest BCUT2D eigenvalue weighted by Crippen LogP contribution is -2.11. The molecule has 0 saturated carbocycles. The summed E-state index contributed by atoms with van der Waals surface area (Å²) in [6.45, 7) is 4.57. The number of fused-ring (bicyclic) bond motifs is 1. The van der Waals surface area contributed by atoms with Gasteiger partial charge in [-0.2, -0.15) is 0 Å². The third kappa shape index (κ3) is 0.290. The molecule has 1 heteroatoms. The fourth-order valence-electron chi connectivity index (χ4n) is 1.69. The van der Waals surface area contributed by atoms with Gasteiger partial charge in [0.2, 0.25) is 0 Å². The Morgan fingerprint density at radius 3 is 2.29 bits per heavy atom. The van der Waals surface area contributed by atoms with Crippen LogP contribution in [-0.2, 0) is 0 Å². The monoisotopic (exact) mass is 97.1 g/mol. The summed E-state index contributed by atoms with van der Waals surface area (Å²) in [4.78, 5) is 2.56. The highest BCUT2D eigenvalue weighted by Crippen LogP contribution is 2.52. The minimum atomic E-state index is 0.963. The molecule has 0 N–H and O–H groups in total. The first kappa shape index (κ1) is 3.90. The van der Waals surface area contributed by atoms with E-state index in [0.717, 1.165) is 18.1 Å². The van der Waals surface area contributed by atoms with Gasteiger partial charge in [-0.1, -0.05) is 6.92 Å². The highest BCUT2D eigenvalue weighted by atomic mass is 15.5. The lowest BCUT2D eigenvalue weighted by molar-refractivity contribution is 0.529. The molecule has 0 spiro atoms. The molecule has 7 heavy (non-hydrogen) atoms. The summed E-state index contributed by atoms with van der Waals surface area (Å²) in [5, 5.41) is 0. The van der Waals surface area contributed by atoms with Crippen molar-refractivity contribution in [3.8, 4) is 0 Å². The number of hydrogen-bond donors (Lipinski definition) is 0. The predicted octanol–water partition coefficient (Wildman–Crippen LogP) is 0.851. The molecule has 0 radical (unpaired) electrons. The van der Waals surface area contributed by atoms with Gasteiger partial charge in [-0.15, -0.1) is 0 Å². The van der Waals surface area contributed by atoms with E-state index in [1.165, 1.54) is 6.42 Å². The second-order valence-electron chi connectivity index (χ2n) is 2.65. The number of hydrogen-bond acceptors (Lipinski definition) is 1. The van der Waals surface area contributed by atoms with Gasteiger partial charge in [-0.3, -0.25) is 4.90 Å². The lowest BCUT2D eigenvalue weighted by atomic mass is 10.2. The van der Waals surface area contributed by atoms with E-state index in [2.05, 4.69) is 18.7 Å². The van der Waals surface area contributed by atoms with E-state index in [4.69, 9.17) is 0 Å². The van der Waals surface area contributed by atoms with Crippen LogP contribution < -0.4 is 0 Å². The lowest BCUT2D eigenvalue weighted by Gasteiger charge is -1.99. The minimum Gasteiger partial charge on any atom is -0.288 e. The molecule has 40 valence electrons. The summed E-state index contributed by atoms with van der Waals surface area (Å²) >= 11 is 0. The Hall–Kier alpha value is -0.0400. The molecule has 3 unspecified atom stereocenters. The second-order valence-corrected chi connectivity index (χ2v) is 2.65. The smallest absolute Gasteiger partial charge is 0.0411 e. The fraction of sp³-hybridized carbons (Fsp3) is 1.00. The standard InChI is InChI=1S/C6H11N/c1-3-5-6-4(2)7(5)6/h4-6H,3H2,1-2H3/t4?,5-,6?,7?/m0/s1. The number of nitrogens with zero attached hydrogens (tertiary/aromatic N) is 1. The van der Waals surface area contributed by atoms with Gasteiger partial charge in [-0.05, 0) is 13.3 Å². The van der Waals surface area contributed by atoms with E-state index in [0.29, 0.717) is 0 Å². The molecule has 2 saturated heterocycles. The molecule has 0 bridgehead atoms. The number of rotatable bonds is 1. The van der Waals surface area contributed by atoms with Crippen molar-refractivity contribution < 1.29 is 0 Å². The average Bonchev–Trinajstić information content (AvgIpc) is 2.47. The normalized spacial score (nSPS) is 64.3. The Morgan fingerprint density at radius 1 is 1.57 bits per heavy atom. The summed E-state index contributed by atoms with van der Waals surface area (Å²) in [5.74, 6) is 0. The third-order valence-electron chi connectivity index (χ3n) is 2.32. The molecule has 4 atom stereocenters. The van der Waals surface area contributed by atoms with Crippen LogP contribution in [0.25, 0.3) is 0 Å². The van der Waals surface area contributed by atoms with Crippen LogP contribution in [0.1, 0.15) is 20.3 Å². The van der Waals surface area contributed by atoms with E-state index in [1.807, 2.05) is 0 Å². The maximum Gasteiger partial charge on any atom is 0.0411 e. The molecule has 2 heterocycles. The highest BCUT2D eigenvalue weighted by molar-refractivity contribution is 5.24. The highest BCUT2D eigenvalue weighted by Gasteiger charge is 2.67. The van der Waals surface area contributed by atoms with Crippen molar-refractivity contribution in [1.29, 1.82) is 0 Å². The molecule has 2 aliphatic heterocycles. The van der Waals surface area contributed by atoms with Crippen molar-refractivity contribution in [1.82, 2.24) is 4.90 Å². The zero-order valence-corrected chi connectivity index (χ0v) is 4.89. The van der Waals surface area contributed by atoms with Crippen LogP contribution in [0.4, 0.5) is 0 Å². The molecule has 0 aliphatic carbocycles. The van der Waals surface area contributed by atoms with Crippen LogP contribution in [0, 0.1) is 0 Å². The molecule has 2 fully saturated rings. The van der Waals surface area contributed by atoms with Crippen LogP contribution in [0.2, 0.25) is 0 Å². The van der Waals surface area contributed by atoms with Gasteiger partial charge in [0.25, 0.3) is 0 Å². The van der Waals surface area contributed by atoms with Crippen LogP contribution in [0.3, 0.4) is 0 Å². The van der Waals surface area contributed by atoms with Crippen molar-refractivity contribution in [2.24, 2.45) is 0 Å². The summed E-state index contributed by atoms with van der Waals surface area (Å²) in [5.41, 5.74) is 0. The first-order valence-corrected chi connectivity index (χ1v) is 3.13. The zero-order chi connectivity index (χ0) is 5.02. The quantitative estimate of drug-likeness (QED) is 0.438. The summed E-state index contributed by atoms with van der Waals surface area (Å²) in [6, 6.07) is 3.00. The third-order valence-corrected chi connectivity index (χ3v) is 2.32. The SMILES string of the molecule is CC[C@H]1C2C(C)N21. The summed E-state index contributed by atoms with van der Waals surface area (Å²) in [7, 11) is 0. The van der Waals surface area contributed by atoms with Crippen LogP contribution in [-0.4, -0.2) is 23.0 Å². The van der Waals surface area contributed by atoms with Gasteiger partial charge in [0.05, 0.1) is 0 Å².